The number of likely N-dealkylation sites (N-methyl/N-ethyl adjacent to an activating group) is 1. The van der Waals surface area contributed by atoms with Gasteiger partial charge >= 0.3 is 0 Å². The Hall–Kier alpha value is -1.55. The zero-order chi connectivity index (χ0) is 12.8. The second-order valence-corrected chi connectivity index (χ2v) is 4.13. The number of carbonyl (C=O) groups is 1. The summed E-state index contributed by atoms with van der Waals surface area (Å²) in [4.78, 5) is 13.0. The van der Waals surface area contributed by atoms with Crippen molar-refractivity contribution in [3.05, 3.63) is 29.8 Å². The highest BCUT2D eigenvalue weighted by atomic mass is 16.5. The number of hydrogen-bond acceptors (Lipinski definition) is 3. The smallest absolute Gasteiger partial charge is 0.236 e. The van der Waals surface area contributed by atoms with E-state index in [1.54, 1.807) is 26.1 Å². The normalized spacial score (nSPS) is 12.0. The molecular weight excluding hydrogens is 216 g/mol. The van der Waals surface area contributed by atoms with Crippen LogP contribution in [0.4, 0.5) is 0 Å². The fourth-order valence-corrected chi connectivity index (χ4v) is 1.53. The average molecular weight is 236 g/mol. The first-order valence-corrected chi connectivity index (χ1v) is 5.62. The SMILES string of the molecule is COc1ccccc1[C@H](C)NCC(=O)N(C)C. The summed E-state index contributed by atoms with van der Waals surface area (Å²) in [6.45, 7) is 2.34. The van der Waals surface area contributed by atoms with E-state index < -0.39 is 0 Å². The number of methoxy groups -OCH3 is 1. The maximum Gasteiger partial charge on any atom is 0.236 e. The number of benzene rings is 1. The number of rotatable bonds is 5. The molecule has 0 unspecified atom stereocenters. The molecule has 0 heterocycles. The number of nitrogens with one attached hydrogen (secondary N) is 1. The molecule has 4 nitrogen and oxygen atoms in total. The third-order valence-electron chi connectivity index (χ3n) is 2.66. The van der Waals surface area contributed by atoms with Gasteiger partial charge in [0.25, 0.3) is 0 Å². The molecule has 1 rings (SSSR count). The second kappa shape index (κ2) is 6.25. The van der Waals surface area contributed by atoms with Gasteiger partial charge in [0.15, 0.2) is 0 Å². The van der Waals surface area contributed by atoms with Gasteiger partial charge in [-0.25, -0.2) is 0 Å². The molecule has 94 valence electrons. The largest absolute Gasteiger partial charge is 0.496 e. The van der Waals surface area contributed by atoms with Crippen LogP contribution in [0.1, 0.15) is 18.5 Å². The Bertz CT molecular complexity index is 377. The molecule has 1 atom stereocenters. The van der Waals surface area contributed by atoms with Gasteiger partial charge in [0.05, 0.1) is 13.7 Å². The summed E-state index contributed by atoms with van der Waals surface area (Å²) in [6, 6.07) is 7.89. The first kappa shape index (κ1) is 13.5. The van der Waals surface area contributed by atoms with Gasteiger partial charge in [0.2, 0.25) is 5.91 Å². The van der Waals surface area contributed by atoms with Crippen LogP contribution in [-0.4, -0.2) is 38.6 Å². The van der Waals surface area contributed by atoms with E-state index in [2.05, 4.69) is 5.32 Å². The number of carbonyl (C=O) groups excluding carboxylic acids is 1. The second-order valence-electron chi connectivity index (χ2n) is 4.13. The van der Waals surface area contributed by atoms with Crippen molar-refractivity contribution in [2.75, 3.05) is 27.7 Å². The Morgan fingerprint density at radius 1 is 1.41 bits per heavy atom. The van der Waals surface area contributed by atoms with Crippen molar-refractivity contribution < 1.29 is 9.53 Å². The molecule has 1 aromatic carbocycles. The topological polar surface area (TPSA) is 41.6 Å². The molecule has 0 aliphatic rings. The van der Waals surface area contributed by atoms with Crippen molar-refractivity contribution in [1.29, 1.82) is 0 Å². The van der Waals surface area contributed by atoms with Crippen LogP contribution < -0.4 is 10.1 Å². The van der Waals surface area contributed by atoms with Gasteiger partial charge in [-0.3, -0.25) is 4.79 Å². The highest BCUT2D eigenvalue weighted by Gasteiger charge is 2.12. The van der Waals surface area contributed by atoms with Gasteiger partial charge in [0.1, 0.15) is 5.75 Å². The van der Waals surface area contributed by atoms with Crippen molar-refractivity contribution in [1.82, 2.24) is 10.2 Å². The highest BCUT2D eigenvalue weighted by Crippen LogP contribution is 2.23. The molecule has 1 N–H and O–H groups in total. The van der Waals surface area contributed by atoms with Gasteiger partial charge in [-0.2, -0.15) is 0 Å². The summed E-state index contributed by atoms with van der Waals surface area (Å²) in [6.07, 6.45) is 0. The lowest BCUT2D eigenvalue weighted by Crippen LogP contribution is -2.34. The monoisotopic (exact) mass is 236 g/mol. The van der Waals surface area contributed by atoms with Gasteiger partial charge in [-0.15, -0.1) is 0 Å². The Labute approximate surface area is 103 Å². The third kappa shape index (κ3) is 3.75. The molecule has 1 aromatic rings. The van der Waals surface area contributed by atoms with E-state index >= 15 is 0 Å². The Kier molecular flexibility index (Phi) is 4.97. The first-order valence-electron chi connectivity index (χ1n) is 5.62. The minimum atomic E-state index is 0.0618. The molecule has 1 amide bonds. The van der Waals surface area contributed by atoms with E-state index in [4.69, 9.17) is 4.74 Å². The molecule has 0 saturated carbocycles. The molecule has 0 aliphatic heterocycles. The lowest BCUT2D eigenvalue weighted by Gasteiger charge is -2.18. The molecule has 0 aliphatic carbocycles. The quantitative estimate of drug-likeness (QED) is 0.841. The fourth-order valence-electron chi connectivity index (χ4n) is 1.53. The van der Waals surface area contributed by atoms with Crippen LogP contribution in [-0.2, 0) is 4.79 Å². The van der Waals surface area contributed by atoms with Gasteiger partial charge in [-0.05, 0) is 13.0 Å². The van der Waals surface area contributed by atoms with Crippen LogP contribution in [0.25, 0.3) is 0 Å². The Morgan fingerprint density at radius 3 is 2.65 bits per heavy atom. The maximum atomic E-state index is 11.5. The van der Waals surface area contributed by atoms with Crippen molar-refractivity contribution in [3.63, 3.8) is 0 Å². The maximum absolute atomic E-state index is 11.5. The molecule has 0 bridgehead atoms. The molecule has 0 spiro atoms. The lowest BCUT2D eigenvalue weighted by atomic mass is 10.1. The van der Waals surface area contributed by atoms with E-state index in [-0.39, 0.29) is 11.9 Å². The average Bonchev–Trinajstić information content (AvgIpc) is 2.35. The van der Waals surface area contributed by atoms with Gasteiger partial charge < -0.3 is 15.0 Å². The standard InChI is InChI=1S/C13H20N2O2/c1-10(14-9-13(16)15(2)3)11-7-5-6-8-12(11)17-4/h5-8,10,14H,9H2,1-4H3/t10-/m0/s1. The number of para-hydroxylation sites is 1. The zero-order valence-electron chi connectivity index (χ0n) is 10.9. The van der Waals surface area contributed by atoms with E-state index in [1.165, 1.54) is 0 Å². The zero-order valence-corrected chi connectivity index (χ0v) is 10.9. The summed E-state index contributed by atoms with van der Waals surface area (Å²) >= 11 is 0. The minimum absolute atomic E-state index is 0.0618. The number of nitrogens with zero attached hydrogens (tertiary/aromatic N) is 1. The van der Waals surface area contributed by atoms with Crippen LogP contribution >= 0.6 is 0 Å². The van der Waals surface area contributed by atoms with Crippen LogP contribution in [0.5, 0.6) is 5.75 Å². The van der Waals surface area contributed by atoms with E-state index in [1.807, 2.05) is 31.2 Å². The third-order valence-corrected chi connectivity index (χ3v) is 2.66. The van der Waals surface area contributed by atoms with E-state index in [9.17, 15) is 4.79 Å². The Balaban J connectivity index is 2.63. The molecule has 17 heavy (non-hydrogen) atoms. The minimum Gasteiger partial charge on any atom is -0.496 e. The fraction of sp³-hybridized carbons (Fsp3) is 0.462. The van der Waals surface area contributed by atoms with Crippen LogP contribution in [0.15, 0.2) is 24.3 Å². The predicted molar refractivity (Wildman–Crippen MR) is 68.1 cm³/mol. The number of amides is 1. The first-order chi connectivity index (χ1) is 8.06. The summed E-state index contributed by atoms with van der Waals surface area (Å²) in [5.41, 5.74) is 1.06. The predicted octanol–water partition coefficient (Wildman–Crippen LogP) is 1.43. The number of ether oxygens (including phenoxy) is 1. The van der Waals surface area contributed by atoms with Crippen molar-refractivity contribution in [3.8, 4) is 5.75 Å². The van der Waals surface area contributed by atoms with Crippen LogP contribution in [0.3, 0.4) is 0 Å². The number of hydrogen-bond donors (Lipinski definition) is 1. The van der Waals surface area contributed by atoms with E-state index in [0.717, 1.165) is 11.3 Å². The van der Waals surface area contributed by atoms with Gasteiger partial charge in [-0.1, -0.05) is 18.2 Å². The van der Waals surface area contributed by atoms with E-state index in [0.29, 0.717) is 6.54 Å². The Morgan fingerprint density at radius 2 is 2.06 bits per heavy atom. The molecular formula is C13H20N2O2. The van der Waals surface area contributed by atoms with Crippen molar-refractivity contribution in [2.24, 2.45) is 0 Å². The molecule has 0 fully saturated rings. The molecule has 4 heteroatoms. The summed E-state index contributed by atoms with van der Waals surface area (Å²) in [5, 5.41) is 3.18. The van der Waals surface area contributed by atoms with Gasteiger partial charge in [0, 0.05) is 25.7 Å². The molecule has 0 aromatic heterocycles. The highest BCUT2D eigenvalue weighted by molar-refractivity contribution is 5.77. The summed E-state index contributed by atoms with van der Waals surface area (Å²) in [5.74, 6) is 0.900. The van der Waals surface area contributed by atoms with Crippen molar-refractivity contribution in [2.45, 2.75) is 13.0 Å². The molecule has 0 radical (unpaired) electrons. The van der Waals surface area contributed by atoms with Crippen LogP contribution in [0, 0.1) is 0 Å². The lowest BCUT2D eigenvalue weighted by molar-refractivity contribution is -0.127. The van der Waals surface area contributed by atoms with Crippen LogP contribution in [0.2, 0.25) is 0 Å². The summed E-state index contributed by atoms with van der Waals surface area (Å²) < 4.78 is 5.29. The van der Waals surface area contributed by atoms with Crippen molar-refractivity contribution >= 4 is 5.91 Å². The summed E-state index contributed by atoms with van der Waals surface area (Å²) in [7, 11) is 5.14. The molecule has 0 saturated heterocycles.